The van der Waals surface area contributed by atoms with Crippen LogP contribution in [0.1, 0.15) is 64.5 Å². The molecule has 2 atom stereocenters. The average Bonchev–Trinajstić information content (AvgIpc) is 3.01. The van der Waals surface area contributed by atoms with E-state index < -0.39 is 0 Å². The molecule has 1 aromatic heterocycles. The molecule has 0 spiro atoms. The molecule has 128 valence electrons. The molecule has 0 unspecified atom stereocenters. The number of oxazole rings is 1. The minimum absolute atomic E-state index is 0.0331. The van der Waals surface area contributed by atoms with E-state index in [2.05, 4.69) is 42.4 Å². The van der Waals surface area contributed by atoms with Gasteiger partial charge in [-0.3, -0.25) is 4.79 Å². The summed E-state index contributed by atoms with van der Waals surface area (Å²) in [7, 11) is 0. The Bertz CT molecular complexity index is 547. The van der Waals surface area contributed by atoms with Gasteiger partial charge in [-0.1, -0.05) is 33.6 Å². The molecular weight excluding hydrogens is 308 g/mol. The summed E-state index contributed by atoms with van der Waals surface area (Å²) in [4.78, 5) is 19.2. The molecule has 0 radical (unpaired) electrons. The Labute approximate surface area is 143 Å². The molecule has 2 fully saturated rings. The van der Waals surface area contributed by atoms with E-state index in [4.69, 9.17) is 4.42 Å². The van der Waals surface area contributed by atoms with Crippen LogP contribution in [0.2, 0.25) is 0 Å². The molecule has 1 saturated carbocycles. The highest BCUT2D eigenvalue weighted by molar-refractivity contribution is 8.00. The number of thioether (sulfide) groups is 1. The topological polar surface area (TPSA) is 46.3 Å². The zero-order valence-corrected chi connectivity index (χ0v) is 15.3. The molecule has 1 aliphatic heterocycles. The lowest BCUT2D eigenvalue weighted by Crippen LogP contribution is -2.51. The Kier molecular flexibility index (Phi) is 5.04. The maximum Gasteiger partial charge on any atom is 0.223 e. The summed E-state index contributed by atoms with van der Waals surface area (Å²) in [5, 5.41) is 0.663. The van der Waals surface area contributed by atoms with Crippen molar-refractivity contribution < 1.29 is 9.21 Å². The van der Waals surface area contributed by atoms with Crippen LogP contribution in [0.15, 0.2) is 10.6 Å². The minimum Gasteiger partial charge on any atom is -0.445 e. The highest BCUT2D eigenvalue weighted by Gasteiger charge is 2.36. The molecule has 0 bridgehead atoms. The van der Waals surface area contributed by atoms with E-state index in [1.54, 1.807) is 6.20 Å². The predicted octanol–water partition coefficient (Wildman–Crippen LogP) is 3.79. The van der Waals surface area contributed by atoms with Gasteiger partial charge in [0.25, 0.3) is 0 Å². The average molecular weight is 337 g/mol. The zero-order valence-electron chi connectivity index (χ0n) is 14.5. The normalized spacial score (nSPS) is 25.3. The highest BCUT2D eigenvalue weighted by Crippen LogP contribution is 2.35. The molecule has 2 aliphatic rings. The third-order valence-electron chi connectivity index (χ3n) is 4.90. The van der Waals surface area contributed by atoms with E-state index in [1.807, 2.05) is 0 Å². The molecule has 4 nitrogen and oxygen atoms in total. The summed E-state index contributed by atoms with van der Waals surface area (Å²) in [6.07, 6.45) is 7.95. The van der Waals surface area contributed by atoms with Gasteiger partial charge in [-0.2, -0.15) is 11.8 Å². The Morgan fingerprint density at radius 2 is 2.17 bits per heavy atom. The largest absolute Gasteiger partial charge is 0.445 e. The van der Waals surface area contributed by atoms with Crippen LogP contribution < -0.4 is 0 Å². The predicted molar refractivity (Wildman–Crippen MR) is 93.7 cm³/mol. The molecule has 2 heterocycles. The molecule has 5 heteroatoms. The Hall–Kier alpha value is -0.970. The lowest BCUT2D eigenvalue weighted by atomic mass is 9.93. The van der Waals surface area contributed by atoms with Crippen molar-refractivity contribution in [2.45, 2.75) is 76.0 Å². The van der Waals surface area contributed by atoms with E-state index in [-0.39, 0.29) is 11.3 Å². The van der Waals surface area contributed by atoms with Crippen LogP contribution in [0.3, 0.4) is 0 Å². The second-order valence-electron chi connectivity index (χ2n) is 7.72. The quantitative estimate of drug-likeness (QED) is 0.842. The maximum absolute atomic E-state index is 12.7. The first-order valence-corrected chi connectivity index (χ1v) is 9.86. The summed E-state index contributed by atoms with van der Waals surface area (Å²) in [6, 6.07) is 0.463. The Balaban J connectivity index is 1.57. The van der Waals surface area contributed by atoms with Crippen LogP contribution in [0.5, 0.6) is 0 Å². The fourth-order valence-electron chi connectivity index (χ4n) is 3.54. The number of fused-ring (bicyclic) bond motifs is 1. The molecule has 23 heavy (non-hydrogen) atoms. The standard InChI is InChI=1S/C18H28N2O2S/c1-18(2,3)15-12-19-16(22-15)8-9-17(21)20-10-11-23-14-7-5-4-6-13(14)20/h12-14H,4-11H2,1-3H3/t13-,14-/m1/s1. The number of hydrogen-bond donors (Lipinski definition) is 0. The first kappa shape index (κ1) is 16.9. The van der Waals surface area contributed by atoms with E-state index in [9.17, 15) is 4.79 Å². The molecule has 1 amide bonds. The summed E-state index contributed by atoms with van der Waals surface area (Å²) >= 11 is 2.06. The van der Waals surface area contributed by atoms with E-state index in [0.717, 1.165) is 18.1 Å². The number of aryl methyl sites for hydroxylation is 1. The highest BCUT2D eigenvalue weighted by atomic mass is 32.2. The molecule has 3 rings (SSSR count). The number of rotatable bonds is 3. The van der Waals surface area contributed by atoms with Gasteiger partial charge in [0, 0.05) is 41.8 Å². The molecule has 1 saturated heterocycles. The SMILES string of the molecule is CC(C)(C)c1cnc(CCC(=O)N2CCS[C@@H]3CCCC[C@H]32)o1. The maximum atomic E-state index is 12.7. The van der Waals surface area contributed by atoms with Crippen molar-refractivity contribution in [1.29, 1.82) is 0 Å². The Morgan fingerprint density at radius 1 is 1.39 bits per heavy atom. The van der Waals surface area contributed by atoms with Crippen molar-refractivity contribution in [3.63, 3.8) is 0 Å². The first-order chi connectivity index (χ1) is 10.9. The monoisotopic (exact) mass is 336 g/mol. The van der Waals surface area contributed by atoms with E-state index in [0.29, 0.717) is 30.0 Å². The number of carbonyl (C=O) groups excluding carboxylic acids is 1. The minimum atomic E-state index is -0.0331. The van der Waals surface area contributed by atoms with E-state index >= 15 is 0 Å². The van der Waals surface area contributed by atoms with Crippen molar-refractivity contribution in [3.8, 4) is 0 Å². The van der Waals surface area contributed by atoms with Crippen LogP contribution in [0.25, 0.3) is 0 Å². The number of aromatic nitrogens is 1. The van der Waals surface area contributed by atoms with Gasteiger partial charge in [-0.25, -0.2) is 4.98 Å². The third-order valence-corrected chi connectivity index (χ3v) is 6.29. The third kappa shape index (κ3) is 3.93. The van der Waals surface area contributed by atoms with Crippen molar-refractivity contribution in [3.05, 3.63) is 17.8 Å². The fourth-order valence-corrected chi connectivity index (χ4v) is 4.98. The lowest BCUT2D eigenvalue weighted by molar-refractivity contribution is -0.134. The van der Waals surface area contributed by atoms with Crippen molar-refractivity contribution in [2.24, 2.45) is 0 Å². The number of amides is 1. The number of nitrogens with zero attached hydrogens (tertiary/aromatic N) is 2. The summed E-state index contributed by atoms with van der Waals surface area (Å²) in [6.45, 7) is 7.23. The second kappa shape index (κ2) is 6.88. The van der Waals surface area contributed by atoms with Gasteiger partial charge in [0.15, 0.2) is 5.89 Å². The van der Waals surface area contributed by atoms with Gasteiger partial charge in [-0.15, -0.1) is 0 Å². The van der Waals surface area contributed by atoms with Crippen LogP contribution in [0.4, 0.5) is 0 Å². The van der Waals surface area contributed by atoms with E-state index in [1.165, 1.54) is 25.7 Å². The van der Waals surface area contributed by atoms with Crippen LogP contribution in [0, 0.1) is 0 Å². The molecular formula is C18H28N2O2S. The lowest BCUT2D eigenvalue weighted by Gasteiger charge is -2.43. The summed E-state index contributed by atoms with van der Waals surface area (Å²) in [5.41, 5.74) is -0.0331. The van der Waals surface area contributed by atoms with Gasteiger partial charge in [0.05, 0.1) is 6.20 Å². The van der Waals surface area contributed by atoms with Gasteiger partial charge in [0.2, 0.25) is 5.91 Å². The zero-order chi connectivity index (χ0) is 16.4. The van der Waals surface area contributed by atoms with Crippen LogP contribution >= 0.6 is 11.8 Å². The second-order valence-corrected chi connectivity index (χ2v) is 9.06. The smallest absolute Gasteiger partial charge is 0.223 e. The summed E-state index contributed by atoms with van der Waals surface area (Å²) in [5.74, 6) is 2.94. The number of hydrogen-bond acceptors (Lipinski definition) is 4. The summed E-state index contributed by atoms with van der Waals surface area (Å²) < 4.78 is 5.81. The van der Waals surface area contributed by atoms with Crippen molar-refractivity contribution in [1.82, 2.24) is 9.88 Å². The van der Waals surface area contributed by atoms with Crippen molar-refractivity contribution in [2.75, 3.05) is 12.3 Å². The molecule has 0 aromatic carbocycles. The van der Waals surface area contributed by atoms with Gasteiger partial charge < -0.3 is 9.32 Å². The molecule has 1 aliphatic carbocycles. The molecule has 1 aromatic rings. The Morgan fingerprint density at radius 3 is 2.91 bits per heavy atom. The van der Waals surface area contributed by atoms with Crippen LogP contribution in [-0.4, -0.2) is 39.4 Å². The van der Waals surface area contributed by atoms with Crippen molar-refractivity contribution >= 4 is 17.7 Å². The first-order valence-electron chi connectivity index (χ1n) is 8.81. The van der Waals surface area contributed by atoms with Gasteiger partial charge in [0.1, 0.15) is 5.76 Å². The fraction of sp³-hybridized carbons (Fsp3) is 0.778. The van der Waals surface area contributed by atoms with Gasteiger partial charge >= 0.3 is 0 Å². The molecule has 0 N–H and O–H groups in total. The number of carbonyl (C=O) groups is 1. The van der Waals surface area contributed by atoms with Crippen LogP contribution in [-0.2, 0) is 16.6 Å². The van der Waals surface area contributed by atoms with Gasteiger partial charge in [-0.05, 0) is 12.8 Å².